The fraction of sp³-hybridized carbons (Fsp3) is 0.613. The molecule has 3 rings (SSSR count). The van der Waals surface area contributed by atoms with Gasteiger partial charge in [0.2, 0.25) is 0 Å². The van der Waals surface area contributed by atoms with Crippen molar-refractivity contribution in [1.29, 1.82) is 0 Å². The van der Waals surface area contributed by atoms with Gasteiger partial charge in [-0.1, -0.05) is 61.4 Å². The van der Waals surface area contributed by atoms with Gasteiger partial charge in [0.05, 0.1) is 18.6 Å². The summed E-state index contributed by atoms with van der Waals surface area (Å²) in [5.74, 6) is 0.0481. The Balaban J connectivity index is 1.94. The van der Waals surface area contributed by atoms with Crippen LogP contribution in [0.2, 0.25) is 0 Å². The van der Waals surface area contributed by atoms with Crippen molar-refractivity contribution in [2.24, 2.45) is 28.1 Å². The molecular weight excluding hydrogens is 436 g/mol. The van der Waals surface area contributed by atoms with Gasteiger partial charge in [-0.2, -0.15) is 0 Å². The summed E-state index contributed by atoms with van der Waals surface area (Å²) < 4.78 is 5.18. The van der Waals surface area contributed by atoms with Crippen LogP contribution in [0.5, 0.6) is 0 Å². The molecule has 192 valence electrons. The van der Waals surface area contributed by atoms with Crippen molar-refractivity contribution in [2.75, 3.05) is 7.11 Å². The molecule has 1 N–H and O–H groups in total. The fourth-order valence-electron chi connectivity index (χ4n) is 7.64. The van der Waals surface area contributed by atoms with E-state index in [1.807, 2.05) is 13.0 Å². The van der Waals surface area contributed by atoms with E-state index in [0.29, 0.717) is 12.8 Å². The van der Waals surface area contributed by atoms with Crippen molar-refractivity contribution in [2.45, 2.75) is 86.7 Å². The van der Waals surface area contributed by atoms with Crippen molar-refractivity contribution in [1.82, 2.24) is 0 Å². The lowest BCUT2D eigenvalue weighted by molar-refractivity contribution is -0.196. The Morgan fingerprint density at radius 3 is 2.26 bits per heavy atom. The van der Waals surface area contributed by atoms with Crippen molar-refractivity contribution in [3.8, 4) is 0 Å². The average molecular weight is 481 g/mol. The Morgan fingerprint density at radius 1 is 0.971 bits per heavy atom. The first-order valence-electron chi connectivity index (χ1n) is 13.0. The smallest absolute Gasteiger partial charge is 0.314 e. The number of carbonyl (C=O) groups is 2. The molecule has 35 heavy (non-hydrogen) atoms. The molecule has 0 aromatic rings. The molecule has 3 saturated carbocycles. The molecule has 0 spiro atoms. The normalized spacial score (nSPS) is 38.9. The molecule has 0 saturated heterocycles. The number of rotatable bonds is 5. The number of ether oxygens (including phenoxy) is 1. The van der Waals surface area contributed by atoms with E-state index < -0.39 is 11.5 Å². The zero-order valence-corrected chi connectivity index (χ0v) is 22.9. The summed E-state index contributed by atoms with van der Waals surface area (Å²) in [6, 6.07) is 0. The number of hydrogen-bond donors (Lipinski definition) is 1. The third-order valence-electron chi connectivity index (χ3n) is 9.44. The molecule has 4 nitrogen and oxygen atoms in total. The molecule has 0 aromatic heterocycles. The highest BCUT2D eigenvalue weighted by Crippen LogP contribution is 2.69. The van der Waals surface area contributed by atoms with Crippen LogP contribution in [-0.4, -0.2) is 30.1 Å². The van der Waals surface area contributed by atoms with Crippen LogP contribution in [0.3, 0.4) is 0 Å². The monoisotopic (exact) mass is 480 g/mol. The van der Waals surface area contributed by atoms with Gasteiger partial charge in [-0.15, -0.1) is 0 Å². The number of fused-ring (bicyclic) bond motifs is 3. The molecule has 0 bridgehead atoms. The number of hydrogen-bond acceptors (Lipinski definition) is 4. The van der Waals surface area contributed by atoms with E-state index in [0.717, 1.165) is 36.0 Å². The number of esters is 1. The van der Waals surface area contributed by atoms with Crippen LogP contribution in [0.1, 0.15) is 80.6 Å². The second-order valence-corrected chi connectivity index (χ2v) is 12.0. The van der Waals surface area contributed by atoms with Gasteiger partial charge in [0.25, 0.3) is 0 Å². The highest BCUT2D eigenvalue weighted by molar-refractivity contribution is 6.01. The van der Waals surface area contributed by atoms with Crippen molar-refractivity contribution >= 4 is 11.8 Å². The molecule has 4 heteroatoms. The summed E-state index contributed by atoms with van der Waals surface area (Å²) in [7, 11) is 1.41. The zero-order chi connectivity index (χ0) is 26.2. The summed E-state index contributed by atoms with van der Waals surface area (Å²) in [4.78, 5) is 26.4. The van der Waals surface area contributed by atoms with E-state index in [9.17, 15) is 14.7 Å². The van der Waals surface area contributed by atoms with Crippen molar-refractivity contribution < 1.29 is 19.4 Å². The van der Waals surface area contributed by atoms with Crippen LogP contribution in [0, 0.1) is 28.1 Å². The van der Waals surface area contributed by atoms with E-state index in [4.69, 9.17) is 4.74 Å². The lowest BCUT2D eigenvalue weighted by Gasteiger charge is -2.61. The quantitative estimate of drug-likeness (QED) is 0.271. The van der Waals surface area contributed by atoms with Crippen LogP contribution < -0.4 is 0 Å². The number of carbonyl (C=O) groups excluding carboxylic acids is 2. The lowest BCUT2D eigenvalue weighted by atomic mass is 9.42. The number of allylic oxidation sites excluding steroid dienone is 10. The largest absolute Gasteiger partial charge is 0.469 e. The molecule has 6 atom stereocenters. The van der Waals surface area contributed by atoms with Gasteiger partial charge in [-0.05, 0) is 83.1 Å². The van der Waals surface area contributed by atoms with Crippen molar-refractivity contribution in [3.63, 3.8) is 0 Å². The van der Waals surface area contributed by atoms with Gasteiger partial charge >= 0.3 is 5.97 Å². The number of ketones is 1. The van der Waals surface area contributed by atoms with Crippen molar-refractivity contribution in [3.05, 3.63) is 58.7 Å². The standard InChI is InChI=1S/C31H44O4/c1-20(2)11-9-12-21(3)13-10-14-22(4)27-23(32)19-25-29(5)18-16-26(33)31(7,28(34)35-8)24(29)15-17-30(25,27)6/h9-14,24-26,33H,15-19H2,1-8H3/b12-9+,14-10+,21-13+,27-22-/t24-,25+,26-,29+,30+,31-/m1/s1. The molecule has 0 amide bonds. The predicted molar refractivity (Wildman–Crippen MR) is 142 cm³/mol. The SMILES string of the molecule is COC(=O)[C@@]1(C)[C@H](O)CC[C@@]2(C)[C@H]1CC[C@]1(C)\C(=C(C)/C=C/C=C(C)/C=C/C=C(C)C)C(=O)C[C@@H]21. The maximum Gasteiger partial charge on any atom is 0.314 e. The van der Waals surface area contributed by atoms with E-state index in [-0.39, 0.29) is 34.4 Å². The predicted octanol–water partition coefficient (Wildman–Crippen LogP) is 6.67. The number of aliphatic hydroxyl groups excluding tert-OH is 1. The summed E-state index contributed by atoms with van der Waals surface area (Å²) in [5, 5.41) is 10.9. The molecule has 3 fully saturated rings. The first-order valence-corrected chi connectivity index (χ1v) is 13.0. The number of Topliss-reactive ketones (excluding diaryl/α,β-unsaturated/α-hetero) is 1. The van der Waals surface area contributed by atoms with Crippen LogP contribution in [0.4, 0.5) is 0 Å². The third kappa shape index (κ3) is 4.67. The van der Waals surface area contributed by atoms with Gasteiger partial charge in [-0.3, -0.25) is 9.59 Å². The Morgan fingerprint density at radius 2 is 1.63 bits per heavy atom. The van der Waals surface area contributed by atoms with Gasteiger partial charge < -0.3 is 9.84 Å². The van der Waals surface area contributed by atoms with Crippen LogP contribution in [0.15, 0.2) is 58.7 Å². The van der Waals surface area contributed by atoms with Crippen LogP contribution >= 0.6 is 0 Å². The third-order valence-corrected chi connectivity index (χ3v) is 9.44. The second kappa shape index (κ2) is 10.0. The van der Waals surface area contributed by atoms with Gasteiger partial charge in [0, 0.05) is 17.4 Å². The molecule has 0 radical (unpaired) electrons. The Kier molecular flexibility index (Phi) is 7.86. The summed E-state index contributed by atoms with van der Waals surface area (Å²) >= 11 is 0. The summed E-state index contributed by atoms with van der Waals surface area (Å²) in [6.07, 6.45) is 15.2. The maximum atomic E-state index is 13.5. The lowest BCUT2D eigenvalue weighted by Crippen LogP contribution is -2.61. The Bertz CT molecular complexity index is 1020. The van der Waals surface area contributed by atoms with Gasteiger partial charge in [-0.25, -0.2) is 0 Å². The minimum atomic E-state index is -0.936. The minimum absolute atomic E-state index is 0.00884. The second-order valence-electron chi connectivity index (χ2n) is 12.0. The number of methoxy groups -OCH3 is 1. The van der Waals surface area contributed by atoms with Gasteiger partial charge in [0.1, 0.15) is 0 Å². The summed E-state index contributed by atoms with van der Waals surface area (Å²) in [6.45, 7) is 14.6. The first kappa shape index (κ1) is 27.4. The molecule has 3 aliphatic rings. The summed E-state index contributed by atoms with van der Waals surface area (Å²) in [5.41, 5.74) is 3.03. The van der Waals surface area contributed by atoms with Crippen LogP contribution in [0.25, 0.3) is 0 Å². The molecule has 0 aromatic carbocycles. The molecule has 3 aliphatic carbocycles. The molecule has 0 unspecified atom stereocenters. The molecular formula is C31H44O4. The van der Waals surface area contributed by atoms with E-state index in [1.54, 1.807) is 0 Å². The average Bonchev–Trinajstić information content (AvgIpc) is 3.07. The Hall–Kier alpha value is -2.20. The van der Waals surface area contributed by atoms with E-state index in [1.165, 1.54) is 12.7 Å². The van der Waals surface area contributed by atoms with E-state index >= 15 is 0 Å². The zero-order valence-electron chi connectivity index (χ0n) is 22.9. The minimum Gasteiger partial charge on any atom is -0.469 e. The van der Waals surface area contributed by atoms with Crippen LogP contribution in [-0.2, 0) is 14.3 Å². The first-order chi connectivity index (χ1) is 16.3. The van der Waals surface area contributed by atoms with E-state index in [2.05, 4.69) is 71.9 Å². The highest BCUT2D eigenvalue weighted by atomic mass is 16.5. The number of aliphatic hydroxyl groups is 1. The Labute approximate surface area is 211 Å². The maximum absolute atomic E-state index is 13.5. The van der Waals surface area contributed by atoms with Gasteiger partial charge in [0.15, 0.2) is 5.78 Å². The molecule has 0 heterocycles. The topological polar surface area (TPSA) is 63.6 Å². The highest BCUT2D eigenvalue weighted by Gasteiger charge is 2.67. The molecule has 0 aliphatic heterocycles. The fourth-order valence-corrected chi connectivity index (χ4v) is 7.64.